The molecule has 0 aliphatic carbocycles. The lowest BCUT2D eigenvalue weighted by Gasteiger charge is -2.31. The van der Waals surface area contributed by atoms with Gasteiger partial charge < -0.3 is 25.0 Å². The van der Waals surface area contributed by atoms with Gasteiger partial charge in [0.05, 0.1) is 18.9 Å². The van der Waals surface area contributed by atoms with E-state index >= 15 is 0 Å². The first kappa shape index (κ1) is 26.6. The molecule has 2 aliphatic heterocycles. The molecule has 1 saturated heterocycles. The molecule has 2 aromatic heterocycles. The van der Waals surface area contributed by atoms with Crippen molar-refractivity contribution in [3.05, 3.63) is 89.6 Å². The summed E-state index contributed by atoms with van der Waals surface area (Å²) in [5, 5.41) is 6.82. The molecule has 0 unspecified atom stereocenters. The van der Waals surface area contributed by atoms with E-state index in [1.165, 1.54) is 5.56 Å². The number of aromatic nitrogens is 3. The average Bonchev–Trinajstić information content (AvgIpc) is 3.02. The van der Waals surface area contributed by atoms with Gasteiger partial charge in [0.1, 0.15) is 18.2 Å². The second-order valence-electron chi connectivity index (χ2n) is 9.16. The Morgan fingerprint density at radius 3 is 2.49 bits per heavy atom. The maximum absolute atomic E-state index is 5.87. The highest BCUT2D eigenvalue weighted by Crippen LogP contribution is 2.29. The summed E-state index contributed by atoms with van der Waals surface area (Å²) < 4.78 is 11.4. The van der Waals surface area contributed by atoms with Gasteiger partial charge in [0.2, 0.25) is 5.88 Å². The average molecular weight is 525 g/mol. The zero-order chi connectivity index (χ0) is 26.9. The van der Waals surface area contributed by atoms with E-state index in [0.717, 1.165) is 85.8 Å². The van der Waals surface area contributed by atoms with Gasteiger partial charge in [0.25, 0.3) is 0 Å². The summed E-state index contributed by atoms with van der Waals surface area (Å²) in [5.74, 6) is 3.12. The van der Waals surface area contributed by atoms with Crippen molar-refractivity contribution in [3.8, 4) is 17.3 Å². The van der Waals surface area contributed by atoms with Crippen LogP contribution in [0.4, 0.5) is 17.3 Å². The minimum Gasteiger partial charge on any atom is -0.473 e. The molecule has 2 N–H and O–H groups in total. The zero-order valence-corrected chi connectivity index (χ0v) is 22.7. The Morgan fingerprint density at radius 1 is 0.897 bits per heavy atom. The Kier molecular flexibility index (Phi) is 8.98. The second kappa shape index (κ2) is 13.2. The first-order valence-corrected chi connectivity index (χ1v) is 13.8. The van der Waals surface area contributed by atoms with Crippen molar-refractivity contribution >= 4 is 17.3 Å². The van der Waals surface area contributed by atoms with Crippen molar-refractivity contribution < 1.29 is 9.47 Å². The molecule has 0 atom stereocenters. The van der Waals surface area contributed by atoms with Gasteiger partial charge >= 0.3 is 0 Å². The fourth-order valence-corrected chi connectivity index (χ4v) is 4.65. The Bertz CT molecular complexity index is 1340. The zero-order valence-electron chi connectivity index (χ0n) is 22.7. The molecule has 0 saturated carbocycles. The molecule has 202 valence electrons. The van der Waals surface area contributed by atoms with Gasteiger partial charge in [-0.15, -0.1) is 0 Å². The molecule has 0 amide bonds. The smallest absolute Gasteiger partial charge is 0.215 e. The number of ether oxygens (including phenoxy) is 2. The monoisotopic (exact) mass is 524 g/mol. The molecule has 0 bridgehead atoms. The summed E-state index contributed by atoms with van der Waals surface area (Å²) in [5.41, 5.74) is 5.39. The van der Waals surface area contributed by atoms with Gasteiger partial charge in [0.15, 0.2) is 5.82 Å². The van der Waals surface area contributed by atoms with Crippen LogP contribution in [-0.2, 0) is 24.3 Å². The van der Waals surface area contributed by atoms with Crippen LogP contribution >= 0.6 is 0 Å². The Labute approximate surface area is 230 Å². The fraction of sp³-hybridized carbons (Fsp3) is 0.323. The number of fused-ring (bicyclic) bond motifs is 1. The highest BCUT2D eigenvalue weighted by molar-refractivity contribution is 5.66. The number of nitrogens with zero attached hydrogens (tertiary/aromatic N) is 4. The van der Waals surface area contributed by atoms with Crippen LogP contribution < -0.4 is 20.3 Å². The first-order valence-electron chi connectivity index (χ1n) is 13.8. The van der Waals surface area contributed by atoms with Crippen LogP contribution in [0.1, 0.15) is 30.7 Å². The number of nitrogens with one attached hydrogen (secondary N) is 2. The minimum atomic E-state index is 0.481. The quantitative estimate of drug-likeness (QED) is 0.334. The third-order valence-electron chi connectivity index (χ3n) is 6.59. The van der Waals surface area contributed by atoms with Crippen LogP contribution in [0.3, 0.4) is 0 Å². The molecule has 0 radical (unpaired) electrons. The van der Waals surface area contributed by atoms with E-state index in [1.807, 2.05) is 74.5 Å². The molecule has 0 spiro atoms. The normalized spacial score (nSPS) is 14.6. The summed E-state index contributed by atoms with van der Waals surface area (Å²) >= 11 is 0. The van der Waals surface area contributed by atoms with Gasteiger partial charge in [-0.1, -0.05) is 50.2 Å². The van der Waals surface area contributed by atoms with Gasteiger partial charge in [-0.3, -0.25) is 0 Å². The first-order chi connectivity index (χ1) is 19.3. The number of hydrogen-bond donors (Lipinski definition) is 2. The molecule has 1 fully saturated rings. The highest BCUT2D eigenvalue weighted by Gasteiger charge is 2.23. The molecule has 6 rings (SSSR count). The van der Waals surface area contributed by atoms with E-state index in [1.54, 1.807) is 0 Å². The summed E-state index contributed by atoms with van der Waals surface area (Å²) in [6.45, 7) is 9.41. The highest BCUT2D eigenvalue weighted by atomic mass is 16.5. The summed E-state index contributed by atoms with van der Waals surface area (Å²) in [4.78, 5) is 16.9. The molecular formula is C31H36N6O2. The van der Waals surface area contributed by atoms with Crippen molar-refractivity contribution in [2.45, 2.75) is 33.4 Å². The van der Waals surface area contributed by atoms with E-state index in [2.05, 4.69) is 32.7 Å². The van der Waals surface area contributed by atoms with Gasteiger partial charge in [0, 0.05) is 42.5 Å². The molecule has 8 heteroatoms. The summed E-state index contributed by atoms with van der Waals surface area (Å²) in [7, 11) is 0. The molecule has 4 heterocycles. The molecular weight excluding hydrogens is 488 g/mol. The minimum absolute atomic E-state index is 0.481. The van der Waals surface area contributed by atoms with Crippen molar-refractivity contribution in [1.29, 1.82) is 0 Å². The van der Waals surface area contributed by atoms with Crippen molar-refractivity contribution in [2.24, 2.45) is 0 Å². The van der Waals surface area contributed by atoms with E-state index in [4.69, 9.17) is 19.4 Å². The van der Waals surface area contributed by atoms with Crippen molar-refractivity contribution in [1.82, 2.24) is 20.3 Å². The molecule has 8 nitrogen and oxygen atoms in total. The maximum Gasteiger partial charge on any atom is 0.215 e. The Balaban J connectivity index is 0.00000151. The van der Waals surface area contributed by atoms with Crippen molar-refractivity contribution in [3.63, 3.8) is 0 Å². The number of rotatable bonds is 7. The number of benzene rings is 2. The molecule has 39 heavy (non-hydrogen) atoms. The SMILES string of the molecule is CC.c1ccc(COc2cccc(Nc3ccc(-c4nc5c(c(N6CCOCC6)n4)CCNC5)cc3)n2)cc1. The van der Waals surface area contributed by atoms with Crippen LogP contribution in [0.15, 0.2) is 72.8 Å². The van der Waals surface area contributed by atoms with Crippen LogP contribution in [-0.4, -0.2) is 47.8 Å². The van der Waals surface area contributed by atoms with E-state index in [0.29, 0.717) is 12.5 Å². The molecule has 2 aliphatic rings. The number of morpholine rings is 1. The van der Waals surface area contributed by atoms with Crippen LogP contribution in [0.2, 0.25) is 0 Å². The number of pyridine rings is 1. The standard InChI is InChI=1S/C29H30N6O2.C2H6/c1-2-5-21(6-3-1)20-37-27-8-4-7-26(33-27)31-23-11-9-22(10-12-23)28-32-25-19-30-14-13-24(25)29(34-28)35-15-17-36-18-16-35;1-2/h1-12,30H,13-20H2,(H,31,33);1-2H3. The second-order valence-corrected chi connectivity index (χ2v) is 9.16. The topological polar surface area (TPSA) is 84.4 Å². The van der Waals surface area contributed by atoms with Crippen LogP contribution in [0.5, 0.6) is 5.88 Å². The Hall–Kier alpha value is -4.01. The van der Waals surface area contributed by atoms with Crippen LogP contribution in [0.25, 0.3) is 11.4 Å². The van der Waals surface area contributed by atoms with Gasteiger partial charge in [-0.2, -0.15) is 4.98 Å². The van der Waals surface area contributed by atoms with Crippen molar-refractivity contribution in [2.75, 3.05) is 43.1 Å². The fourth-order valence-electron chi connectivity index (χ4n) is 4.65. The lowest BCUT2D eigenvalue weighted by molar-refractivity contribution is 0.122. The largest absolute Gasteiger partial charge is 0.473 e. The summed E-state index contributed by atoms with van der Waals surface area (Å²) in [6, 6.07) is 24.0. The van der Waals surface area contributed by atoms with E-state index in [-0.39, 0.29) is 0 Å². The van der Waals surface area contributed by atoms with Crippen LogP contribution in [0, 0.1) is 0 Å². The van der Waals surface area contributed by atoms with Gasteiger partial charge in [-0.25, -0.2) is 9.97 Å². The third-order valence-corrected chi connectivity index (χ3v) is 6.59. The lowest BCUT2D eigenvalue weighted by Crippen LogP contribution is -2.39. The Morgan fingerprint density at radius 2 is 1.69 bits per heavy atom. The third kappa shape index (κ3) is 6.71. The maximum atomic E-state index is 5.87. The molecule has 2 aromatic carbocycles. The predicted octanol–water partition coefficient (Wildman–Crippen LogP) is 5.37. The van der Waals surface area contributed by atoms with E-state index in [9.17, 15) is 0 Å². The summed E-state index contributed by atoms with van der Waals surface area (Å²) in [6.07, 6.45) is 0.951. The van der Waals surface area contributed by atoms with E-state index < -0.39 is 0 Å². The number of hydrogen-bond acceptors (Lipinski definition) is 8. The van der Waals surface area contributed by atoms with Gasteiger partial charge in [-0.05, 0) is 48.9 Å². The number of anilines is 3. The molecule has 4 aromatic rings. The lowest BCUT2D eigenvalue weighted by atomic mass is 10.1. The predicted molar refractivity (Wildman–Crippen MR) is 156 cm³/mol.